The molecule has 72 valence electrons. The number of nitrogens with zero attached hydrogens (tertiary/aromatic N) is 2. The van der Waals surface area contributed by atoms with E-state index < -0.39 is 0 Å². The van der Waals surface area contributed by atoms with E-state index in [1.165, 1.54) is 12.3 Å². The van der Waals surface area contributed by atoms with Gasteiger partial charge in [0.15, 0.2) is 0 Å². The molecular weight excluding hydrogens is 199 g/mol. The van der Waals surface area contributed by atoms with Crippen molar-refractivity contribution in [2.75, 3.05) is 0 Å². The van der Waals surface area contributed by atoms with E-state index in [-0.39, 0.29) is 5.82 Å². The number of hydrogen-bond donors (Lipinski definition) is 0. The molecule has 4 heteroatoms. The van der Waals surface area contributed by atoms with Gasteiger partial charge in [-0.2, -0.15) is 0 Å². The highest BCUT2D eigenvalue weighted by Crippen LogP contribution is 2.25. The summed E-state index contributed by atoms with van der Waals surface area (Å²) in [5.74, 6) is -0.322. The third kappa shape index (κ3) is 1.65. The Morgan fingerprint density at radius 2 is 2.29 bits per heavy atom. The van der Waals surface area contributed by atoms with E-state index in [0.717, 1.165) is 22.6 Å². The number of pyridine rings is 1. The summed E-state index contributed by atoms with van der Waals surface area (Å²) in [6.45, 7) is 2.06. The SMILES string of the molecule is CCc1scnc1-c1cncc(F)c1. The van der Waals surface area contributed by atoms with Crippen LogP contribution in [0, 0.1) is 5.82 Å². The second kappa shape index (κ2) is 3.84. The minimum absolute atomic E-state index is 0.322. The first-order valence-electron chi connectivity index (χ1n) is 4.34. The Balaban J connectivity index is 2.49. The van der Waals surface area contributed by atoms with Crippen molar-refractivity contribution in [3.05, 3.63) is 34.7 Å². The topological polar surface area (TPSA) is 25.8 Å². The van der Waals surface area contributed by atoms with Crippen LogP contribution in [-0.4, -0.2) is 9.97 Å². The molecule has 0 fully saturated rings. The van der Waals surface area contributed by atoms with Crippen LogP contribution >= 0.6 is 11.3 Å². The van der Waals surface area contributed by atoms with Gasteiger partial charge in [-0.15, -0.1) is 11.3 Å². The van der Waals surface area contributed by atoms with Crippen LogP contribution in [0.3, 0.4) is 0 Å². The van der Waals surface area contributed by atoms with E-state index in [0.29, 0.717) is 0 Å². The number of aryl methyl sites for hydroxylation is 1. The van der Waals surface area contributed by atoms with Crippen LogP contribution in [0.5, 0.6) is 0 Å². The first-order chi connectivity index (χ1) is 6.81. The highest BCUT2D eigenvalue weighted by atomic mass is 32.1. The molecule has 2 nitrogen and oxygen atoms in total. The number of aromatic nitrogens is 2. The van der Waals surface area contributed by atoms with Gasteiger partial charge in [0, 0.05) is 16.6 Å². The maximum Gasteiger partial charge on any atom is 0.142 e. The number of hydrogen-bond acceptors (Lipinski definition) is 3. The summed E-state index contributed by atoms with van der Waals surface area (Å²) in [4.78, 5) is 9.18. The summed E-state index contributed by atoms with van der Waals surface area (Å²) in [6, 6.07) is 1.46. The Hall–Kier alpha value is -1.29. The Morgan fingerprint density at radius 3 is 3.00 bits per heavy atom. The summed E-state index contributed by atoms with van der Waals surface area (Å²) in [5, 5.41) is 0. The van der Waals surface area contributed by atoms with Crippen LogP contribution < -0.4 is 0 Å². The third-order valence-electron chi connectivity index (χ3n) is 1.94. The van der Waals surface area contributed by atoms with Crippen molar-refractivity contribution >= 4 is 11.3 Å². The molecule has 0 saturated heterocycles. The van der Waals surface area contributed by atoms with Crippen molar-refractivity contribution in [2.45, 2.75) is 13.3 Å². The van der Waals surface area contributed by atoms with Gasteiger partial charge in [0.1, 0.15) is 5.82 Å². The molecule has 0 unspecified atom stereocenters. The van der Waals surface area contributed by atoms with Crippen LogP contribution in [0.1, 0.15) is 11.8 Å². The fourth-order valence-electron chi connectivity index (χ4n) is 1.30. The number of rotatable bonds is 2. The van der Waals surface area contributed by atoms with E-state index in [9.17, 15) is 4.39 Å². The van der Waals surface area contributed by atoms with Crippen molar-refractivity contribution in [1.29, 1.82) is 0 Å². The molecule has 0 aromatic carbocycles. The molecule has 2 heterocycles. The quantitative estimate of drug-likeness (QED) is 0.758. The lowest BCUT2D eigenvalue weighted by Gasteiger charge is -1.99. The van der Waals surface area contributed by atoms with Gasteiger partial charge in [-0.3, -0.25) is 4.98 Å². The fourth-order valence-corrected chi connectivity index (χ4v) is 2.03. The molecule has 0 radical (unpaired) electrons. The summed E-state index contributed by atoms with van der Waals surface area (Å²) in [6.07, 6.45) is 3.75. The maximum atomic E-state index is 12.9. The molecule has 2 aromatic heterocycles. The van der Waals surface area contributed by atoms with Crippen LogP contribution in [0.2, 0.25) is 0 Å². The monoisotopic (exact) mass is 208 g/mol. The van der Waals surface area contributed by atoms with Gasteiger partial charge in [-0.25, -0.2) is 9.37 Å². The van der Waals surface area contributed by atoms with E-state index in [1.807, 2.05) is 0 Å². The molecular formula is C10H9FN2S. The smallest absolute Gasteiger partial charge is 0.142 e. The van der Waals surface area contributed by atoms with Gasteiger partial charge in [0.2, 0.25) is 0 Å². The summed E-state index contributed by atoms with van der Waals surface area (Å²) >= 11 is 1.59. The van der Waals surface area contributed by atoms with E-state index >= 15 is 0 Å². The van der Waals surface area contributed by atoms with Crippen LogP contribution in [0.15, 0.2) is 24.0 Å². The summed E-state index contributed by atoms with van der Waals surface area (Å²) in [7, 11) is 0. The second-order valence-corrected chi connectivity index (χ2v) is 3.81. The van der Waals surface area contributed by atoms with Gasteiger partial charge < -0.3 is 0 Å². The normalized spacial score (nSPS) is 10.4. The lowest BCUT2D eigenvalue weighted by molar-refractivity contribution is 0.622. The number of halogens is 1. The maximum absolute atomic E-state index is 12.9. The van der Waals surface area contributed by atoms with Crippen molar-refractivity contribution in [1.82, 2.24) is 9.97 Å². The predicted octanol–water partition coefficient (Wildman–Crippen LogP) is 2.91. The van der Waals surface area contributed by atoms with Gasteiger partial charge in [0.25, 0.3) is 0 Å². The van der Waals surface area contributed by atoms with Gasteiger partial charge in [-0.05, 0) is 12.5 Å². The summed E-state index contributed by atoms with van der Waals surface area (Å²) in [5.41, 5.74) is 3.38. The van der Waals surface area contributed by atoms with E-state index in [2.05, 4.69) is 16.9 Å². The minimum atomic E-state index is -0.322. The zero-order valence-electron chi connectivity index (χ0n) is 7.70. The third-order valence-corrected chi connectivity index (χ3v) is 2.92. The summed E-state index contributed by atoms with van der Waals surface area (Å²) < 4.78 is 12.9. The molecule has 0 N–H and O–H groups in total. The lowest BCUT2D eigenvalue weighted by Crippen LogP contribution is -1.86. The zero-order valence-corrected chi connectivity index (χ0v) is 8.51. The van der Waals surface area contributed by atoms with E-state index in [1.54, 1.807) is 23.0 Å². The average molecular weight is 208 g/mol. The molecule has 0 aliphatic rings. The Bertz CT molecular complexity index is 439. The average Bonchev–Trinajstić information content (AvgIpc) is 2.65. The molecule has 0 aliphatic carbocycles. The van der Waals surface area contributed by atoms with Gasteiger partial charge >= 0.3 is 0 Å². The molecule has 0 atom stereocenters. The predicted molar refractivity (Wildman–Crippen MR) is 54.7 cm³/mol. The lowest BCUT2D eigenvalue weighted by atomic mass is 10.1. The standard InChI is InChI=1S/C10H9FN2S/c1-2-9-10(13-6-14-9)7-3-8(11)5-12-4-7/h3-6H,2H2,1H3. The first kappa shape index (κ1) is 9.27. The van der Waals surface area contributed by atoms with Crippen molar-refractivity contribution in [3.8, 4) is 11.3 Å². The molecule has 14 heavy (non-hydrogen) atoms. The fraction of sp³-hybridized carbons (Fsp3) is 0.200. The van der Waals surface area contributed by atoms with Crippen LogP contribution in [0.25, 0.3) is 11.3 Å². The molecule has 2 aromatic rings. The van der Waals surface area contributed by atoms with Crippen LogP contribution in [0.4, 0.5) is 4.39 Å². The van der Waals surface area contributed by atoms with Gasteiger partial charge in [-0.1, -0.05) is 6.92 Å². The minimum Gasteiger partial charge on any atom is -0.261 e. The molecule has 0 amide bonds. The number of thiazole rings is 1. The van der Waals surface area contributed by atoms with Crippen molar-refractivity contribution < 1.29 is 4.39 Å². The highest BCUT2D eigenvalue weighted by Gasteiger charge is 2.07. The van der Waals surface area contributed by atoms with Gasteiger partial charge in [0.05, 0.1) is 17.4 Å². The Morgan fingerprint density at radius 1 is 1.43 bits per heavy atom. The molecule has 0 saturated carbocycles. The second-order valence-electron chi connectivity index (χ2n) is 2.87. The molecule has 0 aliphatic heterocycles. The van der Waals surface area contributed by atoms with Crippen molar-refractivity contribution in [3.63, 3.8) is 0 Å². The van der Waals surface area contributed by atoms with Crippen LogP contribution in [-0.2, 0) is 6.42 Å². The Labute approximate surface area is 85.5 Å². The molecule has 0 bridgehead atoms. The largest absolute Gasteiger partial charge is 0.261 e. The Kier molecular flexibility index (Phi) is 2.54. The van der Waals surface area contributed by atoms with E-state index in [4.69, 9.17) is 0 Å². The highest BCUT2D eigenvalue weighted by molar-refractivity contribution is 7.10. The first-order valence-corrected chi connectivity index (χ1v) is 5.22. The zero-order chi connectivity index (χ0) is 9.97. The molecule has 2 rings (SSSR count). The molecule has 0 spiro atoms. The van der Waals surface area contributed by atoms with Crippen molar-refractivity contribution in [2.24, 2.45) is 0 Å².